The van der Waals surface area contributed by atoms with Gasteiger partial charge in [-0.1, -0.05) is 20.8 Å². The van der Waals surface area contributed by atoms with Crippen LogP contribution in [0, 0.1) is 5.92 Å². The Bertz CT molecular complexity index is 883. The van der Waals surface area contributed by atoms with Gasteiger partial charge in [0.2, 0.25) is 5.91 Å². The van der Waals surface area contributed by atoms with Crippen molar-refractivity contribution in [3.05, 3.63) is 47.7 Å². The van der Waals surface area contributed by atoms with E-state index in [4.69, 9.17) is 9.15 Å². The minimum atomic E-state index is -0.198. The summed E-state index contributed by atoms with van der Waals surface area (Å²) >= 11 is 0. The van der Waals surface area contributed by atoms with E-state index in [2.05, 4.69) is 35.6 Å². The normalized spacial score (nSPS) is 14.5. The first kappa shape index (κ1) is 25.1. The maximum atomic E-state index is 12.6. The lowest BCUT2D eigenvalue weighted by molar-refractivity contribution is -0.132. The van der Waals surface area contributed by atoms with Crippen LogP contribution < -0.4 is 5.32 Å². The van der Waals surface area contributed by atoms with E-state index in [9.17, 15) is 9.59 Å². The largest absolute Gasteiger partial charge is 0.454 e. The monoisotopic (exact) mass is 458 g/mol. The number of morpholine rings is 1. The number of hydrogen-bond acceptors (Lipinski definition) is 5. The Labute approximate surface area is 196 Å². The molecule has 2 aromatic rings. The van der Waals surface area contributed by atoms with Crippen LogP contribution >= 0.6 is 0 Å². The molecular formula is C25H38N4O4. The van der Waals surface area contributed by atoms with Crippen molar-refractivity contribution in [3.8, 4) is 0 Å². The summed E-state index contributed by atoms with van der Waals surface area (Å²) in [5, 5.41) is 2.93. The SMILES string of the molecule is CCCN(Cc1cccn1Cc1ccc(C(=O)NCCN2CCOCC2)o1)C(=O)CC(C)C. The van der Waals surface area contributed by atoms with Gasteiger partial charge in [-0.25, -0.2) is 0 Å². The first-order chi connectivity index (χ1) is 16.0. The van der Waals surface area contributed by atoms with Crippen LogP contribution in [0.2, 0.25) is 0 Å². The zero-order valence-corrected chi connectivity index (χ0v) is 20.2. The number of nitrogens with zero attached hydrogens (tertiary/aromatic N) is 3. The van der Waals surface area contributed by atoms with Gasteiger partial charge in [0, 0.05) is 51.0 Å². The van der Waals surface area contributed by atoms with Gasteiger partial charge in [0.15, 0.2) is 5.76 Å². The second-order valence-electron chi connectivity index (χ2n) is 9.02. The van der Waals surface area contributed by atoms with Gasteiger partial charge in [-0.2, -0.15) is 0 Å². The Balaban J connectivity index is 1.54. The molecule has 1 saturated heterocycles. The van der Waals surface area contributed by atoms with Crippen molar-refractivity contribution >= 4 is 11.8 Å². The van der Waals surface area contributed by atoms with Crippen molar-refractivity contribution in [2.75, 3.05) is 45.9 Å². The molecule has 3 heterocycles. The molecule has 1 N–H and O–H groups in total. The zero-order valence-electron chi connectivity index (χ0n) is 20.2. The van der Waals surface area contributed by atoms with Crippen molar-refractivity contribution in [1.29, 1.82) is 0 Å². The summed E-state index contributed by atoms with van der Waals surface area (Å²) in [7, 11) is 0. The minimum Gasteiger partial charge on any atom is -0.454 e. The van der Waals surface area contributed by atoms with E-state index >= 15 is 0 Å². The Kier molecular flexibility index (Phi) is 9.57. The molecule has 0 radical (unpaired) electrons. The number of furan rings is 1. The average molecular weight is 459 g/mol. The van der Waals surface area contributed by atoms with Crippen molar-refractivity contribution in [2.45, 2.75) is 46.7 Å². The van der Waals surface area contributed by atoms with E-state index in [0.717, 1.165) is 51.5 Å². The molecule has 8 nitrogen and oxygen atoms in total. The number of carbonyl (C=O) groups is 2. The summed E-state index contributed by atoms with van der Waals surface area (Å²) in [6.45, 7) is 12.7. The third-order valence-electron chi connectivity index (χ3n) is 5.73. The maximum absolute atomic E-state index is 12.6. The van der Waals surface area contributed by atoms with E-state index in [0.29, 0.717) is 43.5 Å². The van der Waals surface area contributed by atoms with Crippen LogP contribution in [0.3, 0.4) is 0 Å². The topological polar surface area (TPSA) is 80.0 Å². The molecule has 1 aliphatic heterocycles. The molecule has 0 aromatic carbocycles. The van der Waals surface area contributed by atoms with Crippen LogP contribution in [0.5, 0.6) is 0 Å². The molecule has 0 saturated carbocycles. The molecule has 0 atom stereocenters. The zero-order chi connectivity index (χ0) is 23.6. The predicted octanol–water partition coefficient (Wildman–Crippen LogP) is 2.98. The highest BCUT2D eigenvalue weighted by Crippen LogP contribution is 2.15. The van der Waals surface area contributed by atoms with Crippen molar-refractivity contribution < 1.29 is 18.7 Å². The molecule has 2 amide bonds. The fourth-order valence-electron chi connectivity index (χ4n) is 3.98. The molecule has 0 unspecified atom stereocenters. The summed E-state index contributed by atoms with van der Waals surface area (Å²) < 4.78 is 13.2. The fraction of sp³-hybridized carbons (Fsp3) is 0.600. The number of ether oxygens (including phenoxy) is 1. The second kappa shape index (κ2) is 12.6. The van der Waals surface area contributed by atoms with Crippen LogP contribution in [0.1, 0.15) is 55.6 Å². The lowest BCUT2D eigenvalue weighted by Gasteiger charge is -2.26. The van der Waals surface area contributed by atoms with E-state index < -0.39 is 0 Å². The molecule has 1 fully saturated rings. The highest BCUT2D eigenvalue weighted by atomic mass is 16.5. The van der Waals surface area contributed by atoms with Gasteiger partial charge >= 0.3 is 0 Å². The highest BCUT2D eigenvalue weighted by molar-refractivity contribution is 5.91. The Morgan fingerprint density at radius 2 is 1.97 bits per heavy atom. The second-order valence-corrected chi connectivity index (χ2v) is 9.02. The van der Waals surface area contributed by atoms with E-state index in [-0.39, 0.29) is 11.8 Å². The van der Waals surface area contributed by atoms with Crippen molar-refractivity contribution in [1.82, 2.24) is 19.7 Å². The highest BCUT2D eigenvalue weighted by Gasteiger charge is 2.17. The van der Waals surface area contributed by atoms with Gasteiger partial charge in [0.05, 0.1) is 26.3 Å². The van der Waals surface area contributed by atoms with Gasteiger partial charge in [0.25, 0.3) is 5.91 Å². The van der Waals surface area contributed by atoms with Gasteiger partial charge in [-0.05, 0) is 36.6 Å². The predicted molar refractivity (Wildman–Crippen MR) is 127 cm³/mol. The Morgan fingerprint density at radius 1 is 1.18 bits per heavy atom. The van der Waals surface area contributed by atoms with Crippen LogP contribution in [-0.4, -0.2) is 72.1 Å². The number of hydrogen-bond donors (Lipinski definition) is 1. The molecule has 2 aromatic heterocycles. The third kappa shape index (κ3) is 7.75. The van der Waals surface area contributed by atoms with Crippen LogP contribution in [0.4, 0.5) is 0 Å². The maximum Gasteiger partial charge on any atom is 0.287 e. The quantitative estimate of drug-likeness (QED) is 0.529. The molecule has 8 heteroatoms. The standard InChI is InChI=1S/C25H38N4O4/c1-4-10-29(24(30)17-20(2)3)18-21-6-5-11-28(21)19-22-7-8-23(33-22)25(31)26-9-12-27-13-15-32-16-14-27/h5-8,11,20H,4,9-10,12-19H2,1-3H3,(H,26,31). The summed E-state index contributed by atoms with van der Waals surface area (Å²) in [4.78, 5) is 29.3. The molecule has 0 aliphatic carbocycles. The molecule has 182 valence electrons. The minimum absolute atomic E-state index is 0.189. The lowest BCUT2D eigenvalue weighted by Crippen LogP contribution is -2.41. The number of amides is 2. The Hall–Kier alpha value is -2.58. The average Bonchev–Trinajstić information content (AvgIpc) is 3.44. The molecule has 0 spiro atoms. The number of rotatable bonds is 12. The number of aromatic nitrogens is 1. The summed E-state index contributed by atoms with van der Waals surface area (Å²) in [5.74, 6) is 1.36. The lowest BCUT2D eigenvalue weighted by atomic mass is 10.1. The molecule has 33 heavy (non-hydrogen) atoms. The van der Waals surface area contributed by atoms with Crippen molar-refractivity contribution in [2.24, 2.45) is 5.92 Å². The van der Waals surface area contributed by atoms with Gasteiger partial charge in [-0.15, -0.1) is 0 Å². The van der Waals surface area contributed by atoms with Crippen LogP contribution in [0.25, 0.3) is 0 Å². The molecule has 1 aliphatic rings. The first-order valence-electron chi connectivity index (χ1n) is 12.0. The van der Waals surface area contributed by atoms with Gasteiger partial charge in [0.1, 0.15) is 5.76 Å². The van der Waals surface area contributed by atoms with Gasteiger partial charge < -0.3 is 23.9 Å². The van der Waals surface area contributed by atoms with E-state index in [1.165, 1.54) is 0 Å². The summed E-state index contributed by atoms with van der Waals surface area (Å²) in [5.41, 5.74) is 1.05. The first-order valence-corrected chi connectivity index (χ1v) is 12.0. The molecular weight excluding hydrogens is 420 g/mol. The van der Waals surface area contributed by atoms with Gasteiger partial charge in [-0.3, -0.25) is 14.5 Å². The van der Waals surface area contributed by atoms with Crippen molar-refractivity contribution in [3.63, 3.8) is 0 Å². The van der Waals surface area contributed by atoms with Crippen LogP contribution in [0.15, 0.2) is 34.9 Å². The van der Waals surface area contributed by atoms with E-state index in [1.54, 1.807) is 6.07 Å². The number of nitrogens with one attached hydrogen (secondary N) is 1. The number of carbonyl (C=O) groups excluding carboxylic acids is 2. The van der Waals surface area contributed by atoms with Crippen LogP contribution in [-0.2, 0) is 22.6 Å². The summed E-state index contributed by atoms with van der Waals surface area (Å²) in [6, 6.07) is 7.58. The summed E-state index contributed by atoms with van der Waals surface area (Å²) in [6.07, 6.45) is 3.46. The van der Waals surface area contributed by atoms with E-state index in [1.807, 2.05) is 29.3 Å². The molecule has 0 bridgehead atoms. The smallest absolute Gasteiger partial charge is 0.287 e. The Morgan fingerprint density at radius 3 is 2.70 bits per heavy atom. The fourth-order valence-corrected chi connectivity index (χ4v) is 3.98. The third-order valence-corrected chi connectivity index (χ3v) is 5.73. The molecule has 3 rings (SSSR count).